The van der Waals surface area contributed by atoms with E-state index in [4.69, 9.17) is 4.42 Å². The van der Waals surface area contributed by atoms with Gasteiger partial charge in [-0.2, -0.15) is 0 Å². The molecule has 1 aromatic heterocycles. The Morgan fingerprint density at radius 3 is 2.67 bits per heavy atom. The minimum Gasteiger partial charge on any atom is -0.467 e. The first-order chi connectivity index (χ1) is 8.40. The minimum atomic E-state index is 0.190. The highest BCUT2D eigenvalue weighted by Crippen LogP contribution is 2.52. The highest BCUT2D eigenvalue weighted by Gasteiger charge is 2.51. The predicted molar refractivity (Wildman–Crippen MR) is 70.9 cm³/mol. The number of hydrogen-bond acceptors (Lipinski definition) is 2. The normalized spacial score (nSPS) is 21.1. The van der Waals surface area contributed by atoms with Gasteiger partial charge in [-0.15, -0.1) is 0 Å². The van der Waals surface area contributed by atoms with Gasteiger partial charge in [0, 0.05) is 12.5 Å². The van der Waals surface area contributed by atoms with Crippen LogP contribution in [0.5, 0.6) is 0 Å². The maximum atomic E-state index is 12.5. The van der Waals surface area contributed by atoms with Gasteiger partial charge in [-0.25, -0.2) is 0 Å². The summed E-state index contributed by atoms with van der Waals surface area (Å²) in [7, 11) is 0. The van der Waals surface area contributed by atoms with Crippen LogP contribution in [0.2, 0.25) is 0 Å². The number of nitrogens with zero attached hydrogens (tertiary/aromatic N) is 1. The van der Waals surface area contributed by atoms with Crippen molar-refractivity contribution in [2.24, 2.45) is 17.3 Å². The van der Waals surface area contributed by atoms with E-state index in [0.29, 0.717) is 12.5 Å². The molecule has 1 aliphatic rings. The van der Waals surface area contributed by atoms with E-state index >= 15 is 0 Å². The fourth-order valence-electron chi connectivity index (χ4n) is 2.37. The molecule has 1 atom stereocenters. The zero-order valence-corrected chi connectivity index (χ0v) is 11.8. The third-order valence-corrected chi connectivity index (χ3v) is 3.64. The van der Waals surface area contributed by atoms with Gasteiger partial charge in [0.1, 0.15) is 5.76 Å². The molecule has 1 heterocycles. The Balaban J connectivity index is 2.03. The lowest BCUT2D eigenvalue weighted by atomic mass is 10.1. The second-order valence-electron chi connectivity index (χ2n) is 6.44. The van der Waals surface area contributed by atoms with Crippen molar-refractivity contribution in [1.82, 2.24) is 4.90 Å². The molecule has 0 spiro atoms. The molecular weight excluding hydrogens is 226 g/mol. The summed E-state index contributed by atoms with van der Waals surface area (Å²) < 4.78 is 5.35. The van der Waals surface area contributed by atoms with Crippen molar-refractivity contribution in [2.45, 2.75) is 40.7 Å². The molecular formula is C15H23NO2. The fraction of sp³-hybridized carbons (Fsp3) is 0.667. The van der Waals surface area contributed by atoms with E-state index in [1.165, 1.54) is 0 Å². The van der Waals surface area contributed by atoms with Gasteiger partial charge in [-0.1, -0.05) is 27.7 Å². The van der Waals surface area contributed by atoms with Crippen molar-refractivity contribution in [3.05, 3.63) is 24.2 Å². The van der Waals surface area contributed by atoms with Crippen molar-refractivity contribution in [2.75, 3.05) is 6.54 Å². The lowest BCUT2D eigenvalue weighted by Gasteiger charge is -2.24. The lowest BCUT2D eigenvalue weighted by Crippen LogP contribution is -2.35. The summed E-state index contributed by atoms with van der Waals surface area (Å²) in [4.78, 5) is 14.4. The molecule has 0 bridgehead atoms. The average Bonchev–Trinajstić information content (AvgIpc) is 2.71. The maximum absolute atomic E-state index is 12.5. The van der Waals surface area contributed by atoms with Crippen LogP contribution in [0.15, 0.2) is 22.8 Å². The molecule has 100 valence electrons. The molecule has 1 unspecified atom stereocenters. The summed E-state index contributed by atoms with van der Waals surface area (Å²) >= 11 is 0. The third kappa shape index (κ3) is 2.95. The van der Waals surface area contributed by atoms with Gasteiger partial charge in [0.25, 0.3) is 0 Å². The zero-order chi connectivity index (χ0) is 13.3. The zero-order valence-electron chi connectivity index (χ0n) is 11.8. The van der Waals surface area contributed by atoms with Gasteiger partial charge in [-0.3, -0.25) is 4.79 Å². The molecule has 1 saturated carbocycles. The molecule has 2 rings (SSSR count). The molecule has 1 aromatic rings. The van der Waals surface area contributed by atoms with Crippen LogP contribution in [-0.4, -0.2) is 17.4 Å². The molecule has 0 aromatic carbocycles. The van der Waals surface area contributed by atoms with E-state index in [1.54, 1.807) is 6.26 Å². The van der Waals surface area contributed by atoms with Crippen molar-refractivity contribution >= 4 is 5.91 Å². The monoisotopic (exact) mass is 249 g/mol. The second kappa shape index (κ2) is 4.79. The Bertz CT molecular complexity index is 406. The highest BCUT2D eigenvalue weighted by molar-refractivity contribution is 5.82. The second-order valence-corrected chi connectivity index (χ2v) is 6.44. The van der Waals surface area contributed by atoms with Gasteiger partial charge >= 0.3 is 0 Å². The lowest BCUT2D eigenvalue weighted by molar-refractivity contribution is -0.134. The van der Waals surface area contributed by atoms with E-state index in [0.717, 1.165) is 18.7 Å². The number of furan rings is 1. The van der Waals surface area contributed by atoms with Crippen molar-refractivity contribution in [3.8, 4) is 0 Å². The summed E-state index contributed by atoms with van der Waals surface area (Å²) in [6.07, 6.45) is 2.67. The minimum absolute atomic E-state index is 0.190. The number of carbonyl (C=O) groups is 1. The molecule has 0 saturated heterocycles. The molecule has 0 N–H and O–H groups in total. The van der Waals surface area contributed by atoms with Crippen LogP contribution in [0.25, 0.3) is 0 Å². The van der Waals surface area contributed by atoms with Crippen LogP contribution in [0.1, 0.15) is 39.9 Å². The molecule has 3 nitrogen and oxygen atoms in total. The summed E-state index contributed by atoms with van der Waals surface area (Å²) in [6.45, 7) is 10.00. The van der Waals surface area contributed by atoms with E-state index < -0.39 is 0 Å². The highest BCUT2D eigenvalue weighted by atomic mass is 16.3. The largest absolute Gasteiger partial charge is 0.467 e. The summed E-state index contributed by atoms with van der Waals surface area (Å²) in [5.41, 5.74) is 0.190. The van der Waals surface area contributed by atoms with Crippen LogP contribution in [0.4, 0.5) is 0 Å². The number of rotatable bonds is 5. The van der Waals surface area contributed by atoms with E-state index in [9.17, 15) is 4.79 Å². The van der Waals surface area contributed by atoms with Crippen molar-refractivity contribution in [3.63, 3.8) is 0 Å². The smallest absolute Gasteiger partial charge is 0.226 e. The van der Waals surface area contributed by atoms with Gasteiger partial charge in [0.05, 0.1) is 12.8 Å². The maximum Gasteiger partial charge on any atom is 0.226 e. The SMILES string of the molecule is CC(C)CN(Cc1ccco1)C(=O)C1CC1(C)C. The van der Waals surface area contributed by atoms with Crippen LogP contribution in [0.3, 0.4) is 0 Å². The standard InChI is InChI=1S/C15H23NO2/c1-11(2)9-16(10-12-6-5-7-18-12)14(17)13-8-15(13,3)4/h5-7,11,13H,8-10H2,1-4H3. The van der Waals surface area contributed by atoms with Crippen molar-refractivity contribution < 1.29 is 9.21 Å². The van der Waals surface area contributed by atoms with Crippen LogP contribution in [-0.2, 0) is 11.3 Å². The van der Waals surface area contributed by atoms with Crippen LogP contribution in [0, 0.1) is 17.3 Å². The Labute approximate surface area is 109 Å². The first-order valence-corrected chi connectivity index (χ1v) is 6.71. The molecule has 1 amide bonds. The van der Waals surface area contributed by atoms with E-state index in [-0.39, 0.29) is 17.2 Å². The van der Waals surface area contributed by atoms with E-state index in [2.05, 4.69) is 27.7 Å². The quantitative estimate of drug-likeness (QED) is 0.802. The number of carbonyl (C=O) groups excluding carboxylic acids is 1. The fourth-order valence-corrected chi connectivity index (χ4v) is 2.37. The predicted octanol–water partition coefficient (Wildman–Crippen LogP) is 3.31. The topological polar surface area (TPSA) is 33.5 Å². The Hall–Kier alpha value is -1.25. The molecule has 1 aliphatic carbocycles. The van der Waals surface area contributed by atoms with Gasteiger partial charge in [0.2, 0.25) is 5.91 Å². The van der Waals surface area contributed by atoms with Gasteiger partial charge in [0.15, 0.2) is 0 Å². The Morgan fingerprint density at radius 1 is 1.56 bits per heavy atom. The van der Waals surface area contributed by atoms with Crippen molar-refractivity contribution in [1.29, 1.82) is 0 Å². The molecule has 1 fully saturated rings. The number of hydrogen-bond donors (Lipinski definition) is 0. The van der Waals surface area contributed by atoms with Gasteiger partial charge < -0.3 is 9.32 Å². The summed E-state index contributed by atoms with van der Waals surface area (Å²) in [5, 5.41) is 0. The molecule has 0 radical (unpaired) electrons. The molecule has 18 heavy (non-hydrogen) atoms. The Kier molecular flexibility index (Phi) is 3.51. The average molecular weight is 249 g/mol. The Morgan fingerprint density at radius 2 is 2.22 bits per heavy atom. The van der Waals surface area contributed by atoms with Gasteiger partial charge in [-0.05, 0) is 29.9 Å². The first-order valence-electron chi connectivity index (χ1n) is 6.71. The van der Waals surface area contributed by atoms with E-state index in [1.807, 2.05) is 17.0 Å². The third-order valence-electron chi connectivity index (χ3n) is 3.64. The number of amides is 1. The van der Waals surface area contributed by atoms with Crippen LogP contribution >= 0.6 is 0 Å². The molecule has 3 heteroatoms. The molecule has 0 aliphatic heterocycles. The van der Waals surface area contributed by atoms with Crippen LogP contribution < -0.4 is 0 Å². The summed E-state index contributed by atoms with van der Waals surface area (Å²) in [6, 6.07) is 3.80. The first kappa shape index (κ1) is 13.2. The summed E-state index contributed by atoms with van der Waals surface area (Å²) in [5.74, 6) is 1.82.